The average Bonchev–Trinajstić information content (AvgIpc) is 2.61. The van der Waals surface area contributed by atoms with Gasteiger partial charge in [0.1, 0.15) is 17.7 Å². The zero-order valence-corrected chi connectivity index (χ0v) is 16.4. The van der Waals surface area contributed by atoms with Crippen molar-refractivity contribution in [2.45, 2.75) is 32.8 Å². The van der Waals surface area contributed by atoms with Gasteiger partial charge in [0.25, 0.3) is 0 Å². The number of likely N-dealkylation sites (tertiary alicyclic amines) is 1. The third-order valence-electron chi connectivity index (χ3n) is 4.36. The Balaban J connectivity index is 1.56. The number of rotatable bonds is 4. The molecule has 0 saturated carbocycles. The van der Waals surface area contributed by atoms with Crippen LogP contribution < -0.4 is 14.8 Å². The van der Waals surface area contributed by atoms with Crippen LogP contribution in [-0.2, 0) is 0 Å². The maximum absolute atomic E-state index is 12.6. The number of aryl methyl sites for hydroxylation is 2. The molecule has 0 atom stereocenters. The van der Waals surface area contributed by atoms with E-state index in [2.05, 4.69) is 15.3 Å². The maximum Gasteiger partial charge on any atom is 0.321 e. The minimum atomic E-state index is -0.178. The van der Waals surface area contributed by atoms with Gasteiger partial charge in [0.2, 0.25) is 5.88 Å². The molecule has 0 radical (unpaired) electrons. The topological polar surface area (TPSA) is 76.6 Å². The van der Waals surface area contributed by atoms with Crippen molar-refractivity contribution in [3.8, 4) is 11.6 Å². The predicted molar refractivity (Wildman–Crippen MR) is 104 cm³/mol. The number of carbonyl (C=O) groups is 1. The van der Waals surface area contributed by atoms with Gasteiger partial charge in [0.15, 0.2) is 0 Å². The van der Waals surface area contributed by atoms with Crippen LogP contribution in [0.4, 0.5) is 10.5 Å². The number of hydrogen-bond donors (Lipinski definition) is 1. The summed E-state index contributed by atoms with van der Waals surface area (Å²) in [4.78, 5) is 22.9. The van der Waals surface area contributed by atoms with Crippen molar-refractivity contribution in [3.63, 3.8) is 0 Å². The van der Waals surface area contributed by atoms with Crippen LogP contribution in [0.25, 0.3) is 0 Å². The first-order chi connectivity index (χ1) is 12.9. The standard InChI is InChI=1S/C19H23ClN4O3/c1-12-10-18(22-13(2)21-12)27-15-6-8-24(9-7-15)19(25)23-16-11-14(20)4-5-17(16)26-3/h4-5,10-11,15H,6-9H2,1-3H3,(H,23,25). The highest BCUT2D eigenvalue weighted by atomic mass is 35.5. The van der Waals surface area contributed by atoms with E-state index < -0.39 is 0 Å². The van der Waals surface area contributed by atoms with Gasteiger partial charge in [0, 0.05) is 42.7 Å². The number of ether oxygens (including phenoxy) is 2. The highest BCUT2D eigenvalue weighted by Gasteiger charge is 2.25. The number of piperidine rings is 1. The minimum absolute atomic E-state index is 0.0310. The summed E-state index contributed by atoms with van der Waals surface area (Å²) in [7, 11) is 1.55. The fourth-order valence-electron chi connectivity index (χ4n) is 3.06. The number of amides is 2. The summed E-state index contributed by atoms with van der Waals surface area (Å²) in [5.41, 5.74) is 1.44. The summed E-state index contributed by atoms with van der Waals surface area (Å²) in [5, 5.41) is 3.40. The normalized spacial score (nSPS) is 14.7. The number of hydrogen-bond acceptors (Lipinski definition) is 5. The summed E-state index contributed by atoms with van der Waals surface area (Å²) < 4.78 is 11.2. The largest absolute Gasteiger partial charge is 0.495 e. The van der Waals surface area contributed by atoms with Crippen molar-refractivity contribution in [2.24, 2.45) is 0 Å². The highest BCUT2D eigenvalue weighted by molar-refractivity contribution is 6.31. The quantitative estimate of drug-likeness (QED) is 0.858. The first-order valence-electron chi connectivity index (χ1n) is 8.83. The number of methoxy groups -OCH3 is 1. The second-order valence-corrected chi connectivity index (χ2v) is 6.91. The van der Waals surface area contributed by atoms with Gasteiger partial charge in [-0.05, 0) is 32.0 Å². The Morgan fingerprint density at radius 2 is 1.96 bits per heavy atom. The molecule has 1 fully saturated rings. The zero-order chi connectivity index (χ0) is 19.4. The number of aromatic nitrogens is 2. The van der Waals surface area contributed by atoms with Gasteiger partial charge in [-0.25, -0.2) is 9.78 Å². The number of anilines is 1. The van der Waals surface area contributed by atoms with E-state index in [0.29, 0.717) is 41.3 Å². The molecule has 2 heterocycles. The summed E-state index contributed by atoms with van der Waals surface area (Å²) in [5.74, 6) is 1.85. The van der Waals surface area contributed by atoms with E-state index in [4.69, 9.17) is 21.1 Å². The van der Waals surface area contributed by atoms with Crippen molar-refractivity contribution < 1.29 is 14.3 Å². The van der Waals surface area contributed by atoms with Gasteiger partial charge in [-0.2, -0.15) is 4.98 Å². The average molecular weight is 391 g/mol. The van der Waals surface area contributed by atoms with Crippen molar-refractivity contribution in [1.82, 2.24) is 14.9 Å². The van der Waals surface area contributed by atoms with Crippen LogP contribution in [0.15, 0.2) is 24.3 Å². The van der Waals surface area contributed by atoms with E-state index in [1.54, 1.807) is 30.2 Å². The van der Waals surface area contributed by atoms with Crippen molar-refractivity contribution in [3.05, 3.63) is 40.8 Å². The zero-order valence-electron chi connectivity index (χ0n) is 15.7. The lowest BCUT2D eigenvalue weighted by molar-refractivity contribution is 0.111. The van der Waals surface area contributed by atoms with Crippen LogP contribution in [0, 0.1) is 13.8 Å². The van der Waals surface area contributed by atoms with E-state index >= 15 is 0 Å². The van der Waals surface area contributed by atoms with Gasteiger partial charge < -0.3 is 19.7 Å². The molecule has 7 nitrogen and oxygen atoms in total. The third kappa shape index (κ3) is 5.01. The Kier molecular flexibility index (Phi) is 6.01. The molecule has 1 aliphatic rings. The summed E-state index contributed by atoms with van der Waals surface area (Å²) in [6, 6.07) is 6.77. The Labute approximate surface area is 163 Å². The number of nitrogens with one attached hydrogen (secondary N) is 1. The second kappa shape index (κ2) is 8.43. The maximum atomic E-state index is 12.6. The molecule has 1 saturated heterocycles. The predicted octanol–water partition coefficient (Wildman–Crippen LogP) is 3.83. The molecule has 27 heavy (non-hydrogen) atoms. The highest BCUT2D eigenvalue weighted by Crippen LogP contribution is 2.28. The lowest BCUT2D eigenvalue weighted by atomic mass is 10.1. The van der Waals surface area contributed by atoms with Crippen molar-refractivity contribution in [1.29, 1.82) is 0 Å². The van der Waals surface area contributed by atoms with Crippen LogP contribution in [0.1, 0.15) is 24.4 Å². The first kappa shape index (κ1) is 19.2. The molecule has 1 N–H and O–H groups in total. The van der Waals surface area contributed by atoms with Crippen LogP contribution in [0.5, 0.6) is 11.6 Å². The number of carbonyl (C=O) groups excluding carboxylic acids is 1. The van der Waals surface area contributed by atoms with Gasteiger partial charge in [-0.3, -0.25) is 0 Å². The number of urea groups is 1. The first-order valence-corrected chi connectivity index (χ1v) is 9.21. The summed E-state index contributed by atoms with van der Waals surface area (Å²) in [6.45, 7) is 4.96. The fraction of sp³-hybridized carbons (Fsp3) is 0.421. The molecular formula is C19H23ClN4O3. The number of halogens is 1. The smallest absolute Gasteiger partial charge is 0.321 e. The Morgan fingerprint density at radius 3 is 2.63 bits per heavy atom. The van der Waals surface area contributed by atoms with Gasteiger partial charge in [0.05, 0.1) is 12.8 Å². The van der Waals surface area contributed by atoms with Crippen LogP contribution in [0.2, 0.25) is 5.02 Å². The molecule has 2 amide bonds. The fourth-order valence-corrected chi connectivity index (χ4v) is 3.24. The van der Waals surface area contributed by atoms with Crippen LogP contribution in [0.3, 0.4) is 0 Å². The molecule has 0 aliphatic carbocycles. The number of benzene rings is 1. The Morgan fingerprint density at radius 1 is 1.22 bits per heavy atom. The summed E-state index contributed by atoms with van der Waals surface area (Å²) >= 11 is 6.01. The molecule has 0 spiro atoms. The third-order valence-corrected chi connectivity index (χ3v) is 4.60. The van der Waals surface area contributed by atoms with Gasteiger partial charge in [-0.1, -0.05) is 11.6 Å². The number of nitrogens with zero attached hydrogens (tertiary/aromatic N) is 3. The summed E-state index contributed by atoms with van der Waals surface area (Å²) in [6.07, 6.45) is 1.51. The Hall–Kier alpha value is -2.54. The minimum Gasteiger partial charge on any atom is -0.495 e. The molecule has 0 unspecified atom stereocenters. The lowest BCUT2D eigenvalue weighted by Gasteiger charge is -2.32. The molecule has 1 aliphatic heterocycles. The Bertz CT molecular complexity index is 802. The van der Waals surface area contributed by atoms with E-state index in [0.717, 1.165) is 18.5 Å². The SMILES string of the molecule is COc1ccc(Cl)cc1NC(=O)N1CCC(Oc2cc(C)nc(C)n2)CC1. The second-order valence-electron chi connectivity index (χ2n) is 6.47. The lowest BCUT2D eigenvalue weighted by Crippen LogP contribution is -2.43. The molecule has 3 rings (SSSR count). The van der Waals surface area contributed by atoms with E-state index in [9.17, 15) is 4.79 Å². The molecule has 2 aromatic rings. The van der Waals surface area contributed by atoms with Crippen molar-refractivity contribution in [2.75, 3.05) is 25.5 Å². The molecule has 144 valence electrons. The monoisotopic (exact) mass is 390 g/mol. The van der Waals surface area contributed by atoms with Gasteiger partial charge in [-0.15, -0.1) is 0 Å². The van der Waals surface area contributed by atoms with Crippen molar-refractivity contribution >= 4 is 23.3 Å². The molecule has 0 bridgehead atoms. The van der Waals surface area contributed by atoms with E-state index in [1.165, 1.54) is 0 Å². The van der Waals surface area contributed by atoms with E-state index in [-0.39, 0.29) is 12.1 Å². The molecule has 1 aromatic heterocycles. The van der Waals surface area contributed by atoms with E-state index in [1.807, 2.05) is 19.9 Å². The molecule has 1 aromatic carbocycles. The van der Waals surface area contributed by atoms with Gasteiger partial charge >= 0.3 is 6.03 Å². The van der Waals surface area contributed by atoms with Crippen LogP contribution in [-0.4, -0.2) is 47.2 Å². The molecular weight excluding hydrogens is 368 g/mol. The molecule has 8 heteroatoms. The van der Waals surface area contributed by atoms with Crippen LogP contribution >= 0.6 is 11.6 Å².